The van der Waals surface area contributed by atoms with Crippen LogP contribution in [0.25, 0.3) is 11.0 Å². The van der Waals surface area contributed by atoms with Crippen molar-refractivity contribution in [3.63, 3.8) is 0 Å². The quantitative estimate of drug-likeness (QED) is 0.186. The number of piperidine rings is 1. The van der Waals surface area contributed by atoms with Gasteiger partial charge in [0.05, 0.1) is 36.5 Å². The number of carbonyl (C=O) groups is 2. The van der Waals surface area contributed by atoms with Crippen LogP contribution in [0, 0.1) is 0 Å². The highest BCUT2D eigenvalue weighted by atomic mass is 16.7. The average Bonchev–Trinajstić information content (AvgIpc) is 3.43. The van der Waals surface area contributed by atoms with Crippen molar-refractivity contribution in [2.24, 2.45) is 0 Å². The standard InChI is InChI=1S/C35H41N5O7/c1-2-45-32(42)20-36-34(43)37-26-13-11-25(12-14-26)33-46-28(19-31(47-33)24-9-7-23(22-41)8-10-24)21-39-17-15-27(16-18-39)40-30-6-4-3-5-29(30)38-35(40)44/h3-14,27-28,31,33,41H,2,15-22H2,1H3,(H,38,44)(H2,36,37,43). The number of ether oxygens (including phenoxy) is 3. The SMILES string of the molecule is CCOC(=O)CNC(=O)Nc1ccc(C2OC(CN3CCC(n4c(=O)[nH]c5ccccc54)CC3)CC(c3ccc(CO)cc3)O2)cc1. The Morgan fingerprint density at radius 2 is 1.70 bits per heavy atom. The molecular formula is C35H41N5O7. The minimum Gasteiger partial charge on any atom is -0.465 e. The number of urea groups is 1. The molecule has 2 saturated heterocycles. The number of nitrogens with one attached hydrogen (secondary N) is 3. The van der Waals surface area contributed by atoms with E-state index in [4.69, 9.17) is 14.2 Å². The number of amides is 2. The van der Waals surface area contributed by atoms with Gasteiger partial charge >= 0.3 is 17.7 Å². The molecule has 3 unspecified atom stereocenters. The van der Waals surface area contributed by atoms with Crippen LogP contribution in [0.3, 0.4) is 0 Å². The second-order valence-corrected chi connectivity index (χ2v) is 11.9. The van der Waals surface area contributed by atoms with Crippen molar-refractivity contribution in [2.45, 2.75) is 57.3 Å². The molecule has 12 nitrogen and oxygen atoms in total. The van der Waals surface area contributed by atoms with Crippen LogP contribution in [0.15, 0.2) is 77.6 Å². The van der Waals surface area contributed by atoms with Crippen LogP contribution in [-0.4, -0.2) is 70.4 Å². The number of aliphatic hydroxyl groups excluding tert-OH is 1. The molecule has 3 aromatic carbocycles. The summed E-state index contributed by atoms with van der Waals surface area (Å²) in [5, 5.41) is 14.7. The molecule has 1 aromatic heterocycles. The van der Waals surface area contributed by atoms with Crippen LogP contribution >= 0.6 is 0 Å². The van der Waals surface area contributed by atoms with E-state index in [1.165, 1.54) is 0 Å². The molecule has 2 aliphatic heterocycles. The number of aliphatic hydroxyl groups is 1. The Hall–Kier alpha value is -4.49. The Balaban J connectivity index is 1.11. The van der Waals surface area contributed by atoms with Crippen molar-refractivity contribution in [3.05, 3.63) is 100.0 Å². The van der Waals surface area contributed by atoms with Gasteiger partial charge in [0.25, 0.3) is 0 Å². The van der Waals surface area contributed by atoms with Gasteiger partial charge in [-0.2, -0.15) is 0 Å². The lowest BCUT2D eigenvalue weighted by Gasteiger charge is -2.40. The first-order valence-corrected chi connectivity index (χ1v) is 16.1. The molecule has 2 aliphatic rings. The number of rotatable bonds is 10. The Bertz CT molecular complexity index is 1710. The first-order valence-electron chi connectivity index (χ1n) is 16.1. The van der Waals surface area contributed by atoms with E-state index in [1.807, 2.05) is 65.2 Å². The van der Waals surface area contributed by atoms with Gasteiger partial charge in [-0.15, -0.1) is 0 Å². The lowest BCUT2D eigenvalue weighted by atomic mass is 9.98. The molecule has 0 bridgehead atoms. The Labute approximate surface area is 272 Å². The van der Waals surface area contributed by atoms with Gasteiger partial charge in [0.2, 0.25) is 0 Å². The molecule has 3 atom stereocenters. The van der Waals surface area contributed by atoms with Crippen LogP contribution < -0.4 is 16.3 Å². The number of anilines is 1. The van der Waals surface area contributed by atoms with E-state index in [2.05, 4.69) is 20.5 Å². The summed E-state index contributed by atoms with van der Waals surface area (Å²) in [7, 11) is 0. The number of likely N-dealkylation sites (tertiary alicyclic amines) is 1. The summed E-state index contributed by atoms with van der Waals surface area (Å²) >= 11 is 0. The maximum Gasteiger partial charge on any atom is 0.326 e. The number of hydrogen-bond donors (Lipinski definition) is 4. The van der Waals surface area contributed by atoms with Gasteiger partial charge < -0.3 is 39.8 Å². The molecule has 248 valence electrons. The third-order valence-electron chi connectivity index (χ3n) is 8.76. The van der Waals surface area contributed by atoms with Gasteiger partial charge in [0, 0.05) is 43.3 Å². The first-order chi connectivity index (χ1) is 22.9. The maximum atomic E-state index is 12.8. The van der Waals surface area contributed by atoms with E-state index in [0.717, 1.165) is 60.2 Å². The summed E-state index contributed by atoms with van der Waals surface area (Å²) in [5.74, 6) is -0.506. The van der Waals surface area contributed by atoms with Gasteiger partial charge in [0.1, 0.15) is 6.54 Å². The molecule has 0 spiro atoms. The number of hydrogen-bond acceptors (Lipinski definition) is 8. The molecule has 0 radical (unpaired) electrons. The van der Waals surface area contributed by atoms with Gasteiger partial charge in [-0.3, -0.25) is 9.36 Å². The monoisotopic (exact) mass is 643 g/mol. The molecule has 2 fully saturated rings. The predicted octanol–water partition coefficient (Wildman–Crippen LogP) is 4.39. The predicted molar refractivity (Wildman–Crippen MR) is 176 cm³/mol. The summed E-state index contributed by atoms with van der Waals surface area (Å²) in [6.07, 6.45) is 1.42. The first kappa shape index (κ1) is 32.5. The number of aromatic amines is 1. The molecular weight excluding hydrogens is 602 g/mol. The maximum absolute atomic E-state index is 12.8. The zero-order valence-electron chi connectivity index (χ0n) is 26.4. The van der Waals surface area contributed by atoms with Gasteiger partial charge in [0.15, 0.2) is 6.29 Å². The molecule has 0 aliphatic carbocycles. The normalized spacial score (nSPS) is 20.6. The van der Waals surface area contributed by atoms with E-state index < -0.39 is 18.3 Å². The minimum atomic E-state index is -0.634. The highest BCUT2D eigenvalue weighted by Gasteiger charge is 2.34. The van der Waals surface area contributed by atoms with Crippen LogP contribution in [0.5, 0.6) is 0 Å². The van der Waals surface area contributed by atoms with Crippen molar-refractivity contribution in [2.75, 3.05) is 38.1 Å². The topological polar surface area (TPSA) is 147 Å². The molecule has 4 aromatic rings. The number of benzene rings is 3. The van der Waals surface area contributed by atoms with E-state index in [1.54, 1.807) is 19.1 Å². The molecule has 2 amide bonds. The fraction of sp³-hybridized carbons (Fsp3) is 0.400. The van der Waals surface area contributed by atoms with Crippen molar-refractivity contribution in [1.29, 1.82) is 0 Å². The number of carbonyl (C=O) groups excluding carboxylic acids is 2. The Kier molecular flexibility index (Phi) is 10.3. The molecule has 47 heavy (non-hydrogen) atoms. The third kappa shape index (κ3) is 7.91. The number of H-pyrrole nitrogens is 1. The summed E-state index contributed by atoms with van der Waals surface area (Å²) in [4.78, 5) is 41.9. The number of fused-ring (bicyclic) bond motifs is 1. The zero-order chi connectivity index (χ0) is 32.8. The Morgan fingerprint density at radius 1 is 0.979 bits per heavy atom. The summed E-state index contributed by atoms with van der Waals surface area (Å²) in [5.41, 5.74) is 4.95. The van der Waals surface area contributed by atoms with Crippen molar-refractivity contribution >= 4 is 28.7 Å². The number of para-hydroxylation sites is 2. The summed E-state index contributed by atoms with van der Waals surface area (Å²) < 4.78 is 19.8. The number of imidazole rings is 1. The Morgan fingerprint density at radius 3 is 2.43 bits per heavy atom. The van der Waals surface area contributed by atoms with Gasteiger partial charge in [-0.1, -0.05) is 48.5 Å². The summed E-state index contributed by atoms with van der Waals surface area (Å²) in [6.45, 7) is 4.12. The van der Waals surface area contributed by atoms with E-state index in [0.29, 0.717) is 12.1 Å². The zero-order valence-corrected chi connectivity index (χ0v) is 26.4. The lowest BCUT2D eigenvalue weighted by Crippen LogP contribution is -2.43. The van der Waals surface area contributed by atoms with Gasteiger partial charge in [-0.25, -0.2) is 9.59 Å². The molecule has 12 heteroatoms. The van der Waals surface area contributed by atoms with E-state index in [9.17, 15) is 19.5 Å². The van der Waals surface area contributed by atoms with Crippen molar-refractivity contribution in [1.82, 2.24) is 19.8 Å². The van der Waals surface area contributed by atoms with Crippen LogP contribution in [0.1, 0.15) is 61.3 Å². The van der Waals surface area contributed by atoms with Crippen LogP contribution in [-0.2, 0) is 25.6 Å². The smallest absolute Gasteiger partial charge is 0.326 e. The van der Waals surface area contributed by atoms with Crippen LogP contribution in [0.2, 0.25) is 0 Å². The van der Waals surface area contributed by atoms with Crippen molar-refractivity contribution < 1.29 is 28.9 Å². The fourth-order valence-corrected chi connectivity index (χ4v) is 6.38. The fourth-order valence-electron chi connectivity index (χ4n) is 6.38. The lowest BCUT2D eigenvalue weighted by molar-refractivity contribution is -0.253. The molecule has 3 heterocycles. The van der Waals surface area contributed by atoms with E-state index >= 15 is 0 Å². The molecule has 4 N–H and O–H groups in total. The third-order valence-corrected chi connectivity index (χ3v) is 8.76. The number of aromatic nitrogens is 2. The second kappa shape index (κ2) is 14.9. The highest BCUT2D eigenvalue weighted by Crippen LogP contribution is 2.39. The van der Waals surface area contributed by atoms with Crippen molar-refractivity contribution in [3.8, 4) is 0 Å². The van der Waals surface area contributed by atoms with E-state index in [-0.39, 0.29) is 43.7 Å². The van der Waals surface area contributed by atoms with Gasteiger partial charge in [-0.05, 0) is 55.2 Å². The molecule has 0 saturated carbocycles. The average molecular weight is 644 g/mol. The molecule has 6 rings (SSSR count). The summed E-state index contributed by atoms with van der Waals surface area (Å²) in [6, 6.07) is 22.5. The minimum absolute atomic E-state index is 0.0258. The second-order valence-electron chi connectivity index (χ2n) is 11.9. The van der Waals surface area contributed by atoms with Crippen LogP contribution in [0.4, 0.5) is 10.5 Å². The number of nitrogens with zero attached hydrogens (tertiary/aromatic N) is 2. The largest absolute Gasteiger partial charge is 0.465 e. The highest BCUT2D eigenvalue weighted by molar-refractivity contribution is 5.91. The number of esters is 1.